The van der Waals surface area contributed by atoms with Crippen LogP contribution in [0.25, 0.3) is 10.8 Å². The van der Waals surface area contributed by atoms with E-state index in [1.54, 1.807) is 6.92 Å². The van der Waals surface area contributed by atoms with Crippen molar-refractivity contribution in [2.24, 2.45) is 5.92 Å². The normalized spacial score (nSPS) is 13.5. The van der Waals surface area contributed by atoms with Crippen LogP contribution in [-0.4, -0.2) is 30.3 Å². The number of benzene rings is 2. The molecule has 0 aliphatic rings. The van der Waals surface area contributed by atoms with Gasteiger partial charge in [0.1, 0.15) is 0 Å². The lowest BCUT2D eigenvalue weighted by molar-refractivity contribution is 0.163. The first kappa shape index (κ1) is 17.3. The van der Waals surface area contributed by atoms with Crippen LogP contribution in [0.1, 0.15) is 25.8 Å². The van der Waals surface area contributed by atoms with Crippen LogP contribution in [-0.2, 0) is 6.42 Å². The molecular formula is C19H26N2O2. The quantitative estimate of drug-likeness (QED) is 0.735. The molecule has 0 aliphatic heterocycles. The van der Waals surface area contributed by atoms with Crippen LogP contribution in [0.5, 0.6) is 0 Å². The predicted molar refractivity (Wildman–Crippen MR) is 94.5 cm³/mol. The number of hydrogen-bond acceptors (Lipinski definition) is 2. The zero-order valence-corrected chi connectivity index (χ0v) is 13.9. The summed E-state index contributed by atoms with van der Waals surface area (Å²) in [6.45, 7) is 4.96. The molecule has 2 rings (SSSR count). The van der Waals surface area contributed by atoms with Crippen LogP contribution < -0.4 is 10.6 Å². The second-order valence-electron chi connectivity index (χ2n) is 6.21. The minimum Gasteiger partial charge on any atom is -0.393 e. The van der Waals surface area contributed by atoms with Crippen molar-refractivity contribution in [2.45, 2.75) is 32.8 Å². The molecule has 23 heavy (non-hydrogen) atoms. The average molecular weight is 314 g/mol. The highest BCUT2D eigenvalue weighted by molar-refractivity contribution is 5.85. The summed E-state index contributed by atoms with van der Waals surface area (Å²) in [4.78, 5) is 11.8. The summed E-state index contributed by atoms with van der Waals surface area (Å²) in [5.41, 5.74) is 1.24. The van der Waals surface area contributed by atoms with E-state index >= 15 is 0 Å². The van der Waals surface area contributed by atoms with E-state index in [4.69, 9.17) is 0 Å². The first-order valence-electron chi connectivity index (χ1n) is 8.22. The maximum absolute atomic E-state index is 11.8. The van der Waals surface area contributed by atoms with Crippen molar-refractivity contribution in [1.82, 2.24) is 10.6 Å². The summed E-state index contributed by atoms with van der Waals surface area (Å²) in [5.74, 6) is 0.263. The first-order chi connectivity index (χ1) is 11.1. The van der Waals surface area contributed by atoms with Crippen molar-refractivity contribution < 1.29 is 9.90 Å². The number of hydrogen-bond donors (Lipinski definition) is 3. The van der Waals surface area contributed by atoms with Gasteiger partial charge in [-0.2, -0.15) is 0 Å². The Morgan fingerprint density at radius 1 is 1.09 bits per heavy atom. The molecule has 2 aromatic rings. The van der Waals surface area contributed by atoms with Gasteiger partial charge in [0, 0.05) is 13.1 Å². The van der Waals surface area contributed by atoms with Crippen LogP contribution in [0.2, 0.25) is 0 Å². The zero-order valence-electron chi connectivity index (χ0n) is 13.9. The molecule has 0 aliphatic carbocycles. The Balaban J connectivity index is 1.77. The number of amides is 2. The third kappa shape index (κ3) is 5.57. The molecule has 0 saturated carbocycles. The summed E-state index contributed by atoms with van der Waals surface area (Å²) in [7, 11) is 0. The number of urea groups is 1. The second-order valence-corrected chi connectivity index (χ2v) is 6.21. The molecule has 3 N–H and O–H groups in total. The Labute approximate surface area is 137 Å². The molecule has 0 radical (unpaired) electrons. The number of nitrogens with one attached hydrogen (secondary N) is 2. The highest BCUT2D eigenvalue weighted by atomic mass is 16.3. The molecule has 0 fully saturated rings. The Bertz CT molecular complexity index is 635. The molecule has 2 unspecified atom stereocenters. The number of rotatable bonds is 7. The van der Waals surface area contributed by atoms with Gasteiger partial charge in [-0.15, -0.1) is 0 Å². The molecule has 4 heteroatoms. The molecule has 2 amide bonds. The van der Waals surface area contributed by atoms with E-state index < -0.39 is 0 Å². The minimum atomic E-state index is -0.332. The molecule has 2 aromatic carbocycles. The van der Waals surface area contributed by atoms with Crippen molar-refractivity contribution in [3.8, 4) is 0 Å². The number of fused-ring (bicyclic) bond motifs is 1. The van der Waals surface area contributed by atoms with Crippen LogP contribution in [0.15, 0.2) is 42.5 Å². The monoisotopic (exact) mass is 314 g/mol. The van der Waals surface area contributed by atoms with E-state index in [1.807, 2.05) is 19.1 Å². The lowest BCUT2D eigenvalue weighted by Gasteiger charge is -2.14. The van der Waals surface area contributed by atoms with Crippen LogP contribution >= 0.6 is 0 Å². The molecule has 0 heterocycles. The largest absolute Gasteiger partial charge is 0.393 e. The SMILES string of the molecule is CC(O)CC(C)CNC(=O)NCCc1cccc2ccccc12. The van der Waals surface area contributed by atoms with E-state index in [2.05, 4.69) is 41.0 Å². The lowest BCUT2D eigenvalue weighted by atomic mass is 10.0. The number of carbonyl (C=O) groups excluding carboxylic acids is 1. The van der Waals surface area contributed by atoms with Crippen LogP contribution in [0.3, 0.4) is 0 Å². The molecule has 2 atom stereocenters. The Morgan fingerprint density at radius 2 is 1.83 bits per heavy atom. The van der Waals surface area contributed by atoms with E-state index in [0.717, 1.165) is 6.42 Å². The standard InChI is InChI=1S/C19H26N2O2/c1-14(12-15(2)22)13-21-19(23)20-11-10-17-8-5-7-16-6-3-4-9-18(16)17/h3-9,14-15,22H,10-13H2,1-2H3,(H2,20,21,23). The number of aliphatic hydroxyl groups is 1. The van der Waals surface area contributed by atoms with E-state index in [1.165, 1.54) is 16.3 Å². The maximum Gasteiger partial charge on any atom is 0.314 e. The van der Waals surface area contributed by atoms with Gasteiger partial charge in [0.15, 0.2) is 0 Å². The molecule has 4 nitrogen and oxygen atoms in total. The maximum atomic E-state index is 11.8. The van der Waals surface area contributed by atoms with Gasteiger partial charge in [0.05, 0.1) is 6.10 Å². The molecule has 0 bridgehead atoms. The fourth-order valence-corrected chi connectivity index (χ4v) is 2.82. The summed E-state index contributed by atoms with van der Waals surface area (Å²) >= 11 is 0. The van der Waals surface area contributed by atoms with Gasteiger partial charge in [0.2, 0.25) is 0 Å². The van der Waals surface area contributed by atoms with Gasteiger partial charge in [-0.25, -0.2) is 4.79 Å². The van der Waals surface area contributed by atoms with Crippen molar-refractivity contribution in [3.05, 3.63) is 48.0 Å². The van der Waals surface area contributed by atoms with Gasteiger partial charge < -0.3 is 15.7 Å². The number of carbonyl (C=O) groups is 1. The average Bonchev–Trinajstić information content (AvgIpc) is 2.52. The third-order valence-corrected chi connectivity index (χ3v) is 3.91. The topological polar surface area (TPSA) is 61.4 Å². The molecular weight excluding hydrogens is 288 g/mol. The fourth-order valence-electron chi connectivity index (χ4n) is 2.82. The van der Waals surface area contributed by atoms with Crippen molar-refractivity contribution in [3.63, 3.8) is 0 Å². The fraction of sp³-hybridized carbons (Fsp3) is 0.421. The molecule has 0 saturated heterocycles. The summed E-state index contributed by atoms with van der Waals surface area (Å²) in [6, 6.07) is 14.4. The van der Waals surface area contributed by atoms with Crippen LogP contribution in [0.4, 0.5) is 4.79 Å². The Kier molecular flexibility index (Phi) is 6.41. The van der Waals surface area contributed by atoms with Gasteiger partial charge in [-0.3, -0.25) is 0 Å². The summed E-state index contributed by atoms with van der Waals surface area (Å²) in [5, 5.41) is 17.5. The Hall–Kier alpha value is -2.07. The summed E-state index contributed by atoms with van der Waals surface area (Å²) in [6.07, 6.45) is 1.16. The van der Waals surface area contributed by atoms with Gasteiger partial charge >= 0.3 is 6.03 Å². The van der Waals surface area contributed by atoms with Gasteiger partial charge in [-0.05, 0) is 42.0 Å². The van der Waals surface area contributed by atoms with Gasteiger partial charge in [0.25, 0.3) is 0 Å². The first-order valence-corrected chi connectivity index (χ1v) is 8.22. The molecule has 124 valence electrons. The predicted octanol–water partition coefficient (Wildman–Crippen LogP) is 3.09. The van der Waals surface area contributed by atoms with Crippen LogP contribution in [0, 0.1) is 5.92 Å². The van der Waals surface area contributed by atoms with Crippen molar-refractivity contribution >= 4 is 16.8 Å². The van der Waals surface area contributed by atoms with E-state index in [-0.39, 0.29) is 18.1 Å². The molecule has 0 spiro atoms. The third-order valence-electron chi connectivity index (χ3n) is 3.91. The molecule has 0 aromatic heterocycles. The minimum absolute atomic E-state index is 0.150. The smallest absolute Gasteiger partial charge is 0.314 e. The highest BCUT2D eigenvalue weighted by Gasteiger charge is 2.08. The summed E-state index contributed by atoms with van der Waals surface area (Å²) < 4.78 is 0. The van der Waals surface area contributed by atoms with Crippen molar-refractivity contribution in [1.29, 1.82) is 0 Å². The second kappa shape index (κ2) is 8.53. The van der Waals surface area contributed by atoms with Gasteiger partial charge in [-0.1, -0.05) is 49.4 Å². The van der Waals surface area contributed by atoms with E-state index in [9.17, 15) is 9.90 Å². The zero-order chi connectivity index (χ0) is 16.7. The highest BCUT2D eigenvalue weighted by Crippen LogP contribution is 2.18. The Morgan fingerprint density at radius 3 is 2.61 bits per heavy atom. The number of aliphatic hydroxyl groups excluding tert-OH is 1. The van der Waals surface area contributed by atoms with E-state index in [0.29, 0.717) is 19.5 Å². The lowest BCUT2D eigenvalue weighted by Crippen LogP contribution is -2.39. The van der Waals surface area contributed by atoms with Crippen molar-refractivity contribution in [2.75, 3.05) is 13.1 Å².